The topological polar surface area (TPSA) is 64.3 Å². The van der Waals surface area contributed by atoms with E-state index in [1.165, 1.54) is 0 Å². The van der Waals surface area contributed by atoms with Crippen LogP contribution in [0.5, 0.6) is 5.75 Å². The summed E-state index contributed by atoms with van der Waals surface area (Å²) in [4.78, 5) is 11.8. The molecule has 0 unspecified atom stereocenters. The van der Waals surface area contributed by atoms with Crippen LogP contribution < -0.4 is 15.8 Å². The Hall–Kier alpha value is -1.55. The third-order valence-electron chi connectivity index (χ3n) is 2.86. The molecule has 106 valence electrons. The lowest BCUT2D eigenvalue weighted by atomic mass is 10.0. The number of amides is 1. The van der Waals surface area contributed by atoms with Gasteiger partial charge in [0.1, 0.15) is 5.75 Å². The first kappa shape index (κ1) is 15.5. The molecule has 1 amide bonds. The Morgan fingerprint density at radius 1 is 1.32 bits per heavy atom. The van der Waals surface area contributed by atoms with Gasteiger partial charge in [0.15, 0.2) is 0 Å². The van der Waals surface area contributed by atoms with Crippen molar-refractivity contribution in [3.8, 4) is 5.75 Å². The van der Waals surface area contributed by atoms with Gasteiger partial charge in [-0.1, -0.05) is 12.1 Å². The first-order valence-electron chi connectivity index (χ1n) is 6.69. The van der Waals surface area contributed by atoms with E-state index in [4.69, 9.17) is 10.5 Å². The fourth-order valence-corrected chi connectivity index (χ4v) is 1.67. The fourth-order valence-electron chi connectivity index (χ4n) is 1.67. The molecule has 19 heavy (non-hydrogen) atoms. The summed E-state index contributed by atoms with van der Waals surface area (Å²) in [5, 5.41) is 2.92. The summed E-state index contributed by atoms with van der Waals surface area (Å²) in [6, 6.07) is 7.85. The van der Waals surface area contributed by atoms with E-state index in [0.717, 1.165) is 17.7 Å². The van der Waals surface area contributed by atoms with Gasteiger partial charge in [-0.15, -0.1) is 0 Å². The Balaban J connectivity index is 2.42. The van der Waals surface area contributed by atoms with Crippen LogP contribution in [-0.4, -0.2) is 24.6 Å². The van der Waals surface area contributed by atoms with Crippen LogP contribution >= 0.6 is 0 Å². The minimum absolute atomic E-state index is 0.0318. The third kappa shape index (κ3) is 5.75. The van der Waals surface area contributed by atoms with Crippen LogP contribution in [0.25, 0.3) is 0 Å². The Bertz CT molecular complexity index is 399. The number of nitrogens with two attached hydrogens (primary N) is 1. The van der Waals surface area contributed by atoms with Crippen molar-refractivity contribution in [3.05, 3.63) is 29.8 Å². The van der Waals surface area contributed by atoms with E-state index in [0.29, 0.717) is 19.6 Å². The standard InChI is InChI=1S/C15H24N2O2/c1-4-19-13-8-5-12(6-9-13)7-10-14(18)17-15(2,3)11-16/h5-6,8-9H,4,7,10-11,16H2,1-3H3,(H,17,18). The number of aryl methyl sites for hydroxylation is 1. The zero-order valence-corrected chi connectivity index (χ0v) is 12.0. The lowest BCUT2D eigenvalue weighted by Crippen LogP contribution is -2.48. The van der Waals surface area contributed by atoms with Gasteiger partial charge in [0, 0.05) is 18.5 Å². The van der Waals surface area contributed by atoms with Gasteiger partial charge in [0.2, 0.25) is 5.91 Å². The molecule has 0 heterocycles. The van der Waals surface area contributed by atoms with Crippen molar-refractivity contribution in [2.75, 3.05) is 13.2 Å². The molecule has 0 radical (unpaired) electrons. The predicted octanol–water partition coefficient (Wildman–Crippen LogP) is 1.87. The van der Waals surface area contributed by atoms with Crippen LogP contribution in [0.3, 0.4) is 0 Å². The van der Waals surface area contributed by atoms with E-state index >= 15 is 0 Å². The summed E-state index contributed by atoms with van der Waals surface area (Å²) >= 11 is 0. The van der Waals surface area contributed by atoms with Crippen molar-refractivity contribution in [1.29, 1.82) is 0 Å². The monoisotopic (exact) mass is 264 g/mol. The molecule has 0 atom stereocenters. The van der Waals surface area contributed by atoms with Crippen molar-refractivity contribution in [2.45, 2.75) is 39.2 Å². The Morgan fingerprint density at radius 3 is 2.47 bits per heavy atom. The molecule has 0 aliphatic heterocycles. The van der Waals surface area contributed by atoms with Crippen molar-refractivity contribution in [3.63, 3.8) is 0 Å². The number of hydrogen-bond donors (Lipinski definition) is 2. The molecule has 4 heteroatoms. The molecule has 0 saturated carbocycles. The highest BCUT2D eigenvalue weighted by atomic mass is 16.5. The molecule has 0 aromatic heterocycles. The van der Waals surface area contributed by atoms with Gasteiger partial charge >= 0.3 is 0 Å². The van der Waals surface area contributed by atoms with Gasteiger partial charge in [-0.2, -0.15) is 0 Å². The number of carbonyl (C=O) groups is 1. The van der Waals surface area contributed by atoms with Gasteiger partial charge in [-0.05, 0) is 44.9 Å². The first-order valence-corrected chi connectivity index (χ1v) is 6.69. The number of rotatable bonds is 7. The summed E-state index contributed by atoms with van der Waals surface area (Å²) < 4.78 is 5.37. The van der Waals surface area contributed by atoms with Crippen LogP contribution in [0, 0.1) is 0 Å². The molecule has 0 aliphatic carbocycles. The van der Waals surface area contributed by atoms with Crippen molar-refractivity contribution < 1.29 is 9.53 Å². The van der Waals surface area contributed by atoms with Crippen molar-refractivity contribution >= 4 is 5.91 Å². The van der Waals surface area contributed by atoms with Crippen LogP contribution in [-0.2, 0) is 11.2 Å². The van der Waals surface area contributed by atoms with Crippen LogP contribution in [0.1, 0.15) is 32.8 Å². The Morgan fingerprint density at radius 2 is 1.95 bits per heavy atom. The highest BCUT2D eigenvalue weighted by Gasteiger charge is 2.17. The van der Waals surface area contributed by atoms with Crippen molar-refractivity contribution in [2.24, 2.45) is 5.73 Å². The maximum Gasteiger partial charge on any atom is 0.220 e. The Labute approximate surface area is 115 Å². The van der Waals surface area contributed by atoms with E-state index < -0.39 is 0 Å². The number of ether oxygens (including phenoxy) is 1. The second kappa shape index (κ2) is 7.14. The van der Waals surface area contributed by atoms with E-state index in [2.05, 4.69) is 5.32 Å². The van der Waals surface area contributed by atoms with Gasteiger partial charge in [-0.25, -0.2) is 0 Å². The number of hydrogen-bond acceptors (Lipinski definition) is 3. The zero-order valence-electron chi connectivity index (χ0n) is 12.0. The van der Waals surface area contributed by atoms with E-state index in [-0.39, 0.29) is 11.4 Å². The van der Waals surface area contributed by atoms with Gasteiger partial charge in [-0.3, -0.25) is 4.79 Å². The smallest absolute Gasteiger partial charge is 0.220 e. The average Bonchev–Trinajstić information content (AvgIpc) is 2.38. The van der Waals surface area contributed by atoms with E-state index in [1.54, 1.807) is 0 Å². The lowest BCUT2D eigenvalue weighted by Gasteiger charge is -2.24. The van der Waals surface area contributed by atoms with Gasteiger partial charge in [0.25, 0.3) is 0 Å². The normalized spacial score (nSPS) is 11.2. The summed E-state index contributed by atoms with van der Waals surface area (Å²) in [7, 11) is 0. The molecular formula is C15H24N2O2. The quantitative estimate of drug-likeness (QED) is 0.790. The Kier molecular flexibility index (Phi) is 5.83. The first-order chi connectivity index (χ1) is 8.96. The third-order valence-corrected chi connectivity index (χ3v) is 2.86. The lowest BCUT2D eigenvalue weighted by molar-refractivity contribution is -0.122. The molecule has 4 nitrogen and oxygen atoms in total. The average molecular weight is 264 g/mol. The van der Waals surface area contributed by atoms with Gasteiger partial charge in [0.05, 0.1) is 6.61 Å². The molecule has 3 N–H and O–H groups in total. The predicted molar refractivity (Wildman–Crippen MR) is 77.2 cm³/mol. The second-order valence-electron chi connectivity index (χ2n) is 5.21. The van der Waals surface area contributed by atoms with Crippen LogP contribution in [0.2, 0.25) is 0 Å². The molecule has 0 aliphatic rings. The summed E-state index contributed by atoms with van der Waals surface area (Å²) in [6.07, 6.45) is 1.19. The second-order valence-corrected chi connectivity index (χ2v) is 5.21. The molecular weight excluding hydrogens is 240 g/mol. The molecule has 1 rings (SSSR count). The zero-order chi connectivity index (χ0) is 14.3. The minimum Gasteiger partial charge on any atom is -0.494 e. The van der Waals surface area contributed by atoms with Gasteiger partial charge < -0.3 is 15.8 Å². The van der Waals surface area contributed by atoms with Crippen LogP contribution in [0.4, 0.5) is 0 Å². The molecule has 0 spiro atoms. The fraction of sp³-hybridized carbons (Fsp3) is 0.533. The van der Waals surface area contributed by atoms with Crippen molar-refractivity contribution in [1.82, 2.24) is 5.32 Å². The van der Waals surface area contributed by atoms with E-state index in [1.807, 2.05) is 45.0 Å². The number of carbonyl (C=O) groups excluding carboxylic acids is 1. The van der Waals surface area contributed by atoms with E-state index in [9.17, 15) is 4.79 Å². The summed E-state index contributed by atoms with van der Waals surface area (Å²) in [5.74, 6) is 0.893. The number of nitrogens with one attached hydrogen (secondary N) is 1. The molecule has 1 aromatic rings. The maximum absolute atomic E-state index is 11.8. The summed E-state index contributed by atoms with van der Waals surface area (Å²) in [6.45, 7) is 6.89. The SMILES string of the molecule is CCOc1ccc(CCC(=O)NC(C)(C)CN)cc1. The molecule has 1 aromatic carbocycles. The molecule has 0 saturated heterocycles. The molecule has 0 fully saturated rings. The minimum atomic E-state index is -0.337. The maximum atomic E-state index is 11.8. The largest absolute Gasteiger partial charge is 0.494 e. The highest BCUT2D eigenvalue weighted by molar-refractivity contribution is 5.77. The van der Waals surface area contributed by atoms with Crippen LogP contribution in [0.15, 0.2) is 24.3 Å². The summed E-state index contributed by atoms with van der Waals surface area (Å²) in [5.41, 5.74) is 6.37. The number of benzene rings is 1. The molecule has 0 bridgehead atoms. The highest BCUT2D eigenvalue weighted by Crippen LogP contribution is 2.13.